The molecule has 0 aromatic carbocycles. The quantitative estimate of drug-likeness (QED) is 0.488. The second-order valence-electron chi connectivity index (χ2n) is 6.31. The zero-order valence-electron chi connectivity index (χ0n) is 14.7. The summed E-state index contributed by atoms with van der Waals surface area (Å²) in [6, 6.07) is 3.59. The van der Waals surface area contributed by atoms with Gasteiger partial charge in [0.2, 0.25) is 0 Å². The molecule has 0 bridgehead atoms. The molecule has 0 saturated carbocycles. The third-order valence-corrected chi connectivity index (χ3v) is 3.79. The summed E-state index contributed by atoms with van der Waals surface area (Å²) in [6.45, 7) is 8.68. The van der Waals surface area contributed by atoms with Gasteiger partial charge in [-0.3, -0.25) is 0 Å². The van der Waals surface area contributed by atoms with Gasteiger partial charge in [0.1, 0.15) is 11.4 Å². The van der Waals surface area contributed by atoms with Crippen LogP contribution in [-0.2, 0) is 15.1 Å². The number of hydrogen-bond acceptors (Lipinski definition) is 5. The van der Waals surface area contributed by atoms with Gasteiger partial charge in [-0.25, -0.2) is 4.99 Å². The minimum Gasteiger partial charge on any atom is -0.466 e. The molecule has 1 saturated heterocycles. The SMILES string of the molecule is CCNC(=NCC(C)(O)c1ccco1)NC(C)COC1CCOC1. The van der Waals surface area contributed by atoms with Crippen molar-refractivity contribution in [1.82, 2.24) is 10.6 Å². The van der Waals surface area contributed by atoms with Crippen LogP contribution in [0, 0.1) is 0 Å². The molecule has 2 rings (SSSR count). The summed E-state index contributed by atoms with van der Waals surface area (Å²) in [5.41, 5.74) is -1.15. The van der Waals surface area contributed by atoms with Crippen LogP contribution in [-0.4, -0.2) is 56.1 Å². The number of nitrogens with zero attached hydrogens (tertiary/aromatic N) is 1. The number of rotatable bonds is 8. The molecular weight excluding hydrogens is 310 g/mol. The molecule has 1 aromatic heterocycles. The molecule has 24 heavy (non-hydrogen) atoms. The number of guanidine groups is 1. The fourth-order valence-corrected chi connectivity index (χ4v) is 2.42. The first-order valence-electron chi connectivity index (χ1n) is 8.52. The largest absolute Gasteiger partial charge is 0.466 e. The summed E-state index contributed by atoms with van der Waals surface area (Å²) < 4.78 is 16.4. The van der Waals surface area contributed by atoms with E-state index >= 15 is 0 Å². The van der Waals surface area contributed by atoms with Gasteiger partial charge < -0.3 is 29.6 Å². The Morgan fingerprint density at radius 1 is 1.58 bits per heavy atom. The van der Waals surface area contributed by atoms with Gasteiger partial charge >= 0.3 is 0 Å². The minimum absolute atomic E-state index is 0.0944. The van der Waals surface area contributed by atoms with E-state index in [0.29, 0.717) is 24.9 Å². The Morgan fingerprint density at radius 2 is 2.42 bits per heavy atom. The van der Waals surface area contributed by atoms with Crippen molar-refractivity contribution in [3.8, 4) is 0 Å². The topological polar surface area (TPSA) is 88.3 Å². The summed E-state index contributed by atoms with van der Waals surface area (Å²) in [7, 11) is 0. The molecule has 7 nitrogen and oxygen atoms in total. The molecule has 1 aliphatic rings. The first kappa shape index (κ1) is 18.8. The van der Waals surface area contributed by atoms with E-state index in [2.05, 4.69) is 15.6 Å². The van der Waals surface area contributed by atoms with E-state index in [1.54, 1.807) is 25.3 Å². The van der Waals surface area contributed by atoms with Gasteiger partial charge in [-0.1, -0.05) is 0 Å². The molecule has 3 N–H and O–H groups in total. The van der Waals surface area contributed by atoms with Crippen molar-refractivity contribution >= 4 is 5.96 Å². The van der Waals surface area contributed by atoms with Gasteiger partial charge in [0.15, 0.2) is 5.96 Å². The summed E-state index contributed by atoms with van der Waals surface area (Å²) >= 11 is 0. The van der Waals surface area contributed by atoms with E-state index in [1.807, 2.05) is 13.8 Å². The minimum atomic E-state index is -1.15. The average Bonchev–Trinajstić information content (AvgIpc) is 3.24. The van der Waals surface area contributed by atoms with Crippen molar-refractivity contribution in [3.05, 3.63) is 24.2 Å². The Labute approximate surface area is 143 Å². The average molecular weight is 339 g/mol. The predicted octanol–water partition coefficient (Wildman–Crippen LogP) is 1.24. The molecule has 2 heterocycles. The zero-order chi connectivity index (χ0) is 17.4. The van der Waals surface area contributed by atoms with E-state index in [0.717, 1.165) is 19.6 Å². The van der Waals surface area contributed by atoms with Gasteiger partial charge in [0.05, 0.1) is 32.1 Å². The number of aliphatic imine (C=N–C) groups is 1. The monoisotopic (exact) mass is 339 g/mol. The first-order valence-corrected chi connectivity index (χ1v) is 8.52. The lowest BCUT2D eigenvalue weighted by molar-refractivity contribution is 0.0345. The third-order valence-electron chi connectivity index (χ3n) is 3.79. The van der Waals surface area contributed by atoms with Gasteiger partial charge in [0.25, 0.3) is 0 Å². The Morgan fingerprint density at radius 3 is 3.04 bits per heavy atom. The molecular formula is C17H29N3O4. The Balaban J connectivity index is 1.85. The fourth-order valence-electron chi connectivity index (χ4n) is 2.42. The molecule has 3 atom stereocenters. The van der Waals surface area contributed by atoms with Crippen molar-refractivity contribution in [1.29, 1.82) is 0 Å². The van der Waals surface area contributed by atoms with Crippen molar-refractivity contribution in [3.63, 3.8) is 0 Å². The second kappa shape index (κ2) is 9.05. The Kier molecular flexibility index (Phi) is 7.08. The maximum absolute atomic E-state index is 10.5. The molecule has 0 spiro atoms. The number of hydrogen-bond donors (Lipinski definition) is 3. The standard InChI is InChI=1S/C17H29N3O4/c1-4-18-16(19-12-17(3,21)15-6-5-8-23-15)20-13(2)10-24-14-7-9-22-11-14/h5-6,8,13-14,21H,4,7,9-12H2,1-3H3,(H2,18,19,20). The first-order chi connectivity index (χ1) is 11.5. The van der Waals surface area contributed by atoms with Crippen molar-refractivity contribution in [2.75, 3.05) is 32.9 Å². The number of furan rings is 1. The van der Waals surface area contributed by atoms with Gasteiger partial charge in [-0.2, -0.15) is 0 Å². The molecule has 3 unspecified atom stereocenters. The lowest BCUT2D eigenvalue weighted by Crippen LogP contribution is -2.45. The number of aliphatic hydroxyl groups is 1. The molecule has 0 aliphatic carbocycles. The van der Waals surface area contributed by atoms with Crippen LogP contribution in [0.5, 0.6) is 0 Å². The lowest BCUT2D eigenvalue weighted by Gasteiger charge is -2.22. The number of nitrogens with one attached hydrogen (secondary N) is 2. The Bertz CT molecular complexity index is 496. The predicted molar refractivity (Wildman–Crippen MR) is 92.0 cm³/mol. The lowest BCUT2D eigenvalue weighted by atomic mass is 10.0. The van der Waals surface area contributed by atoms with Crippen molar-refractivity contribution in [2.45, 2.75) is 44.9 Å². The van der Waals surface area contributed by atoms with Crippen LogP contribution in [0.1, 0.15) is 33.0 Å². The smallest absolute Gasteiger partial charge is 0.191 e. The second-order valence-corrected chi connectivity index (χ2v) is 6.31. The van der Waals surface area contributed by atoms with Crippen LogP contribution in [0.15, 0.2) is 27.8 Å². The molecule has 136 valence electrons. The van der Waals surface area contributed by atoms with Crippen LogP contribution in [0.4, 0.5) is 0 Å². The van der Waals surface area contributed by atoms with Gasteiger partial charge in [0, 0.05) is 19.2 Å². The zero-order valence-corrected chi connectivity index (χ0v) is 14.7. The summed E-state index contributed by atoms with van der Waals surface area (Å²) in [5, 5.41) is 16.9. The highest BCUT2D eigenvalue weighted by Gasteiger charge is 2.26. The number of ether oxygens (including phenoxy) is 2. The van der Waals surface area contributed by atoms with Crippen LogP contribution < -0.4 is 10.6 Å². The molecule has 1 aliphatic heterocycles. The third kappa shape index (κ3) is 5.81. The highest BCUT2D eigenvalue weighted by atomic mass is 16.5. The van der Waals surface area contributed by atoms with Crippen LogP contribution >= 0.6 is 0 Å². The maximum atomic E-state index is 10.5. The Hall–Kier alpha value is -1.57. The molecule has 0 radical (unpaired) electrons. The molecule has 7 heteroatoms. The van der Waals surface area contributed by atoms with Crippen molar-refractivity contribution in [2.24, 2.45) is 4.99 Å². The van der Waals surface area contributed by atoms with E-state index in [9.17, 15) is 5.11 Å². The molecule has 1 fully saturated rings. The summed E-state index contributed by atoms with van der Waals surface area (Å²) in [4.78, 5) is 4.47. The van der Waals surface area contributed by atoms with E-state index in [4.69, 9.17) is 13.9 Å². The molecule has 0 amide bonds. The summed E-state index contributed by atoms with van der Waals surface area (Å²) in [5.74, 6) is 1.14. The summed E-state index contributed by atoms with van der Waals surface area (Å²) in [6.07, 6.45) is 2.68. The van der Waals surface area contributed by atoms with Crippen LogP contribution in [0.2, 0.25) is 0 Å². The van der Waals surface area contributed by atoms with Crippen LogP contribution in [0.3, 0.4) is 0 Å². The van der Waals surface area contributed by atoms with E-state index < -0.39 is 5.60 Å². The van der Waals surface area contributed by atoms with Crippen LogP contribution in [0.25, 0.3) is 0 Å². The highest BCUT2D eigenvalue weighted by molar-refractivity contribution is 5.80. The van der Waals surface area contributed by atoms with Gasteiger partial charge in [-0.05, 0) is 39.3 Å². The van der Waals surface area contributed by atoms with E-state index in [-0.39, 0.29) is 18.7 Å². The molecule has 1 aromatic rings. The van der Waals surface area contributed by atoms with Gasteiger partial charge in [-0.15, -0.1) is 0 Å². The maximum Gasteiger partial charge on any atom is 0.191 e. The fraction of sp³-hybridized carbons (Fsp3) is 0.706. The highest BCUT2D eigenvalue weighted by Crippen LogP contribution is 2.21. The van der Waals surface area contributed by atoms with Crippen molar-refractivity contribution < 1.29 is 19.0 Å². The van der Waals surface area contributed by atoms with E-state index in [1.165, 1.54) is 0 Å². The normalized spacial score (nSPS) is 22.2.